The highest BCUT2D eigenvalue weighted by Gasteiger charge is 2.34. The number of ether oxygens (including phenoxy) is 1. The number of nitrogen functional groups attached to an aromatic ring is 1. The van der Waals surface area contributed by atoms with Crippen molar-refractivity contribution >= 4 is 15.5 Å². The molecule has 0 spiro atoms. The highest BCUT2D eigenvalue weighted by Crippen LogP contribution is 2.37. The van der Waals surface area contributed by atoms with E-state index in [4.69, 9.17) is 10.5 Å². The Hall–Kier alpha value is -1.44. The van der Waals surface area contributed by atoms with Gasteiger partial charge in [0.05, 0.1) is 17.9 Å². The quantitative estimate of drug-likeness (QED) is 0.667. The van der Waals surface area contributed by atoms with Gasteiger partial charge in [-0.1, -0.05) is 0 Å². The molecule has 108 valence electrons. The van der Waals surface area contributed by atoms with Gasteiger partial charge >= 0.3 is 6.18 Å². The van der Waals surface area contributed by atoms with E-state index in [-0.39, 0.29) is 30.2 Å². The molecule has 2 N–H and O–H groups in total. The number of hydrogen-bond acceptors (Lipinski definition) is 4. The monoisotopic (exact) mass is 297 g/mol. The normalized spacial score (nSPS) is 12.4. The van der Waals surface area contributed by atoms with E-state index in [0.717, 1.165) is 18.4 Å². The lowest BCUT2D eigenvalue weighted by Crippen LogP contribution is -2.12. The van der Waals surface area contributed by atoms with Crippen LogP contribution in [0.15, 0.2) is 18.2 Å². The molecule has 0 amide bonds. The van der Waals surface area contributed by atoms with Gasteiger partial charge in [0.1, 0.15) is 15.6 Å². The summed E-state index contributed by atoms with van der Waals surface area (Å²) >= 11 is 0. The Balaban J connectivity index is 2.73. The van der Waals surface area contributed by atoms with Crippen molar-refractivity contribution in [3.05, 3.63) is 23.8 Å². The Kier molecular flexibility index (Phi) is 4.67. The Bertz CT molecular complexity index is 541. The zero-order valence-corrected chi connectivity index (χ0v) is 11.0. The van der Waals surface area contributed by atoms with Crippen molar-refractivity contribution in [3.8, 4) is 5.75 Å². The third kappa shape index (κ3) is 5.37. The average molecular weight is 297 g/mol. The van der Waals surface area contributed by atoms with Crippen LogP contribution in [-0.2, 0) is 16.0 Å². The average Bonchev–Trinajstić information content (AvgIpc) is 2.23. The van der Waals surface area contributed by atoms with Gasteiger partial charge in [-0.3, -0.25) is 0 Å². The van der Waals surface area contributed by atoms with E-state index in [9.17, 15) is 21.6 Å². The first kappa shape index (κ1) is 15.6. The predicted octanol–water partition coefficient (Wildman–Crippen LogP) is 2.10. The van der Waals surface area contributed by atoms with Gasteiger partial charge in [-0.2, -0.15) is 13.2 Å². The number of hydrogen-bond donors (Lipinski definition) is 1. The van der Waals surface area contributed by atoms with Gasteiger partial charge in [0, 0.05) is 11.9 Å². The van der Waals surface area contributed by atoms with Gasteiger partial charge in [-0.05, 0) is 24.6 Å². The van der Waals surface area contributed by atoms with E-state index in [1.807, 2.05) is 0 Å². The smallest absolute Gasteiger partial charge is 0.420 e. The topological polar surface area (TPSA) is 69.4 Å². The molecule has 0 aromatic heterocycles. The first-order valence-electron chi connectivity index (χ1n) is 5.37. The molecular formula is C11H14F3NO3S. The summed E-state index contributed by atoms with van der Waals surface area (Å²) in [5.41, 5.74) is 4.32. The molecule has 0 atom stereocenters. The Morgan fingerprint density at radius 1 is 1.32 bits per heavy atom. The second-order valence-corrected chi connectivity index (χ2v) is 6.34. The van der Waals surface area contributed by atoms with Crippen LogP contribution in [0.5, 0.6) is 5.75 Å². The summed E-state index contributed by atoms with van der Waals surface area (Å²) in [4.78, 5) is 0. The molecule has 0 heterocycles. The number of nitrogens with two attached hydrogens (primary N) is 1. The van der Waals surface area contributed by atoms with Crippen LogP contribution in [0.4, 0.5) is 18.9 Å². The Labute approximate surface area is 109 Å². The predicted molar refractivity (Wildman–Crippen MR) is 65.7 cm³/mol. The molecule has 8 heteroatoms. The minimum atomic E-state index is -4.57. The van der Waals surface area contributed by atoms with E-state index in [0.29, 0.717) is 0 Å². The van der Waals surface area contributed by atoms with Gasteiger partial charge in [-0.15, -0.1) is 0 Å². The fourth-order valence-electron chi connectivity index (χ4n) is 1.40. The van der Waals surface area contributed by atoms with Gasteiger partial charge < -0.3 is 10.5 Å². The first-order valence-corrected chi connectivity index (χ1v) is 7.43. The van der Waals surface area contributed by atoms with Crippen LogP contribution in [0.25, 0.3) is 0 Å². The summed E-state index contributed by atoms with van der Waals surface area (Å²) in [5.74, 6) is -0.487. The maximum absolute atomic E-state index is 12.7. The molecule has 0 radical (unpaired) electrons. The van der Waals surface area contributed by atoms with Crippen molar-refractivity contribution in [1.82, 2.24) is 0 Å². The minimum Gasteiger partial charge on any atom is -0.493 e. The van der Waals surface area contributed by atoms with Crippen LogP contribution in [0, 0.1) is 0 Å². The molecule has 4 nitrogen and oxygen atoms in total. The summed E-state index contributed by atoms with van der Waals surface area (Å²) in [6, 6.07) is 3.20. The van der Waals surface area contributed by atoms with Crippen LogP contribution in [0.2, 0.25) is 0 Å². The maximum Gasteiger partial charge on any atom is 0.420 e. The second-order valence-electron chi connectivity index (χ2n) is 4.09. The fraction of sp³-hybridized carbons (Fsp3) is 0.455. The van der Waals surface area contributed by atoms with Crippen molar-refractivity contribution < 1.29 is 26.3 Å². The lowest BCUT2D eigenvalue weighted by Gasteiger charge is -2.14. The molecule has 1 aromatic carbocycles. The molecule has 0 saturated heterocycles. The Morgan fingerprint density at radius 3 is 2.47 bits per heavy atom. The second kappa shape index (κ2) is 5.68. The molecule has 0 fully saturated rings. The van der Waals surface area contributed by atoms with Crippen LogP contribution in [0.3, 0.4) is 0 Å². The number of halogens is 3. The van der Waals surface area contributed by atoms with Crippen LogP contribution >= 0.6 is 0 Å². The van der Waals surface area contributed by atoms with Gasteiger partial charge in [-0.25, -0.2) is 8.42 Å². The number of alkyl halides is 3. The van der Waals surface area contributed by atoms with Crippen LogP contribution in [-0.4, -0.2) is 27.0 Å². The molecular weight excluding hydrogens is 283 g/mol. The van der Waals surface area contributed by atoms with Gasteiger partial charge in [0.25, 0.3) is 0 Å². The summed E-state index contributed by atoms with van der Waals surface area (Å²) in [6.45, 7) is -0.111. The summed E-state index contributed by atoms with van der Waals surface area (Å²) in [5, 5.41) is 0. The molecule has 0 bridgehead atoms. The molecule has 0 saturated carbocycles. The van der Waals surface area contributed by atoms with E-state index in [1.54, 1.807) is 0 Å². The van der Waals surface area contributed by atoms with Gasteiger partial charge in [0.2, 0.25) is 0 Å². The zero-order valence-electron chi connectivity index (χ0n) is 10.2. The molecule has 0 aliphatic carbocycles. The summed E-state index contributed by atoms with van der Waals surface area (Å²) < 4.78 is 64.8. The van der Waals surface area contributed by atoms with E-state index in [2.05, 4.69) is 0 Å². The van der Waals surface area contributed by atoms with Crippen molar-refractivity contribution in [2.24, 2.45) is 0 Å². The highest BCUT2D eigenvalue weighted by molar-refractivity contribution is 7.90. The summed E-state index contributed by atoms with van der Waals surface area (Å²) in [7, 11) is -3.15. The molecule has 0 aliphatic heterocycles. The third-order valence-corrected chi connectivity index (χ3v) is 3.26. The third-order valence-electron chi connectivity index (χ3n) is 2.23. The van der Waals surface area contributed by atoms with E-state index in [1.165, 1.54) is 6.07 Å². The molecule has 0 aliphatic rings. The molecule has 0 unspecified atom stereocenters. The molecule has 1 aromatic rings. The number of anilines is 1. The van der Waals surface area contributed by atoms with Crippen molar-refractivity contribution in [3.63, 3.8) is 0 Å². The Morgan fingerprint density at radius 2 is 1.95 bits per heavy atom. The van der Waals surface area contributed by atoms with Crippen LogP contribution < -0.4 is 10.5 Å². The lowest BCUT2D eigenvalue weighted by atomic mass is 10.1. The lowest BCUT2D eigenvalue weighted by molar-refractivity contribution is -0.138. The fourth-order valence-corrected chi connectivity index (χ4v) is 2.04. The van der Waals surface area contributed by atoms with Gasteiger partial charge in [0.15, 0.2) is 0 Å². The summed E-state index contributed by atoms with van der Waals surface area (Å²) in [6.07, 6.45) is -3.39. The number of sulfone groups is 1. The zero-order chi connectivity index (χ0) is 14.7. The van der Waals surface area contributed by atoms with Crippen LogP contribution in [0.1, 0.15) is 12.0 Å². The van der Waals surface area contributed by atoms with Crippen molar-refractivity contribution in [2.45, 2.75) is 12.6 Å². The van der Waals surface area contributed by atoms with E-state index >= 15 is 0 Å². The van der Waals surface area contributed by atoms with Crippen molar-refractivity contribution in [2.75, 3.05) is 24.3 Å². The minimum absolute atomic E-state index is 0.0178. The molecule has 19 heavy (non-hydrogen) atoms. The number of rotatable bonds is 5. The molecule has 1 rings (SSSR count). The standard InChI is InChI=1S/C11H14F3NO3S/c1-19(16,17)6-2-5-18-10-4-3-8(15)7-9(10)11(12,13)14/h3-4,7H,2,5-6,15H2,1H3. The van der Waals surface area contributed by atoms with Crippen molar-refractivity contribution in [1.29, 1.82) is 0 Å². The highest BCUT2D eigenvalue weighted by atomic mass is 32.2. The first-order chi connectivity index (χ1) is 8.59. The number of benzene rings is 1. The SMILES string of the molecule is CS(=O)(=O)CCCOc1ccc(N)cc1C(F)(F)F. The largest absolute Gasteiger partial charge is 0.493 e. The van der Waals surface area contributed by atoms with E-state index < -0.39 is 21.6 Å². The maximum atomic E-state index is 12.7.